The second-order valence-electron chi connectivity index (χ2n) is 9.29. The van der Waals surface area contributed by atoms with Crippen LogP contribution in [0.2, 0.25) is 0 Å². The molecule has 0 saturated carbocycles. The number of likely N-dealkylation sites (tertiary alicyclic amines) is 1. The minimum atomic E-state index is 0.112. The van der Waals surface area contributed by atoms with Gasteiger partial charge in [0, 0.05) is 50.8 Å². The lowest BCUT2D eigenvalue weighted by molar-refractivity contribution is 0.131. The average molecular weight is 387 g/mol. The summed E-state index contributed by atoms with van der Waals surface area (Å²) in [4.78, 5) is 19.8. The Morgan fingerprint density at radius 2 is 1.79 bits per heavy atom. The fraction of sp³-hybridized carbons (Fsp3) is 0.696. The van der Waals surface area contributed by atoms with E-state index in [9.17, 15) is 4.79 Å². The Kier molecular flexibility index (Phi) is 7.36. The van der Waals surface area contributed by atoms with Crippen molar-refractivity contribution in [3.63, 3.8) is 0 Å². The number of carbonyl (C=O) groups is 1. The van der Waals surface area contributed by atoms with Gasteiger partial charge in [0.05, 0.1) is 0 Å². The van der Waals surface area contributed by atoms with Crippen molar-refractivity contribution in [2.45, 2.75) is 64.6 Å². The number of hydrogen-bond acceptors (Lipinski definition) is 3. The zero-order valence-corrected chi connectivity index (χ0v) is 18.0. The van der Waals surface area contributed by atoms with Gasteiger partial charge >= 0.3 is 6.03 Å². The van der Waals surface area contributed by atoms with E-state index in [0.717, 1.165) is 52.2 Å². The van der Waals surface area contributed by atoms with Gasteiger partial charge in [0.25, 0.3) is 0 Å². The largest absolute Gasteiger partial charge is 0.336 e. The van der Waals surface area contributed by atoms with Gasteiger partial charge in [-0.05, 0) is 52.1 Å². The first-order valence-electron chi connectivity index (χ1n) is 11.0. The second-order valence-corrected chi connectivity index (χ2v) is 9.29. The molecule has 0 radical (unpaired) electrons. The summed E-state index contributed by atoms with van der Waals surface area (Å²) in [5.41, 5.74) is 1.53. The number of hydrogen-bond donors (Lipinski definition) is 1. The molecule has 2 saturated heterocycles. The summed E-state index contributed by atoms with van der Waals surface area (Å²) < 4.78 is 0. The van der Waals surface area contributed by atoms with Crippen molar-refractivity contribution in [3.05, 3.63) is 35.9 Å². The highest BCUT2D eigenvalue weighted by molar-refractivity contribution is 5.74. The molecule has 5 heteroatoms. The van der Waals surface area contributed by atoms with Crippen LogP contribution < -0.4 is 5.32 Å². The topological polar surface area (TPSA) is 38.8 Å². The predicted molar refractivity (Wildman–Crippen MR) is 115 cm³/mol. The first-order valence-corrected chi connectivity index (χ1v) is 11.0. The van der Waals surface area contributed by atoms with Crippen LogP contribution in [0.1, 0.15) is 52.0 Å². The third kappa shape index (κ3) is 5.95. The smallest absolute Gasteiger partial charge is 0.317 e. The van der Waals surface area contributed by atoms with E-state index in [-0.39, 0.29) is 11.6 Å². The van der Waals surface area contributed by atoms with Crippen LogP contribution in [0.15, 0.2) is 30.3 Å². The molecule has 3 rings (SSSR count). The van der Waals surface area contributed by atoms with Gasteiger partial charge in [-0.3, -0.25) is 9.80 Å². The van der Waals surface area contributed by atoms with Crippen LogP contribution in [0.3, 0.4) is 0 Å². The summed E-state index contributed by atoms with van der Waals surface area (Å²) in [5.74, 6) is 0. The molecule has 2 aliphatic heterocycles. The Balaban J connectivity index is 1.49. The second kappa shape index (κ2) is 9.75. The molecule has 0 aromatic heterocycles. The normalized spacial score (nSPS) is 22.7. The number of carbonyl (C=O) groups excluding carboxylic acids is 1. The Hall–Kier alpha value is -1.59. The summed E-state index contributed by atoms with van der Waals surface area (Å²) in [6.07, 6.45) is 4.74. The van der Waals surface area contributed by atoms with Crippen molar-refractivity contribution in [2.75, 3.05) is 39.3 Å². The van der Waals surface area contributed by atoms with E-state index in [4.69, 9.17) is 0 Å². The van der Waals surface area contributed by atoms with Crippen molar-refractivity contribution in [2.24, 2.45) is 0 Å². The number of nitrogens with zero attached hydrogens (tertiary/aromatic N) is 3. The fourth-order valence-electron chi connectivity index (χ4n) is 4.43. The number of amides is 2. The third-order valence-electron chi connectivity index (χ3n) is 6.20. The molecule has 28 heavy (non-hydrogen) atoms. The highest BCUT2D eigenvalue weighted by atomic mass is 16.2. The number of rotatable bonds is 4. The Morgan fingerprint density at radius 1 is 1.00 bits per heavy atom. The first kappa shape index (κ1) is 21.1. The maximum atomic E-state index is 12.8. The molecule has 1 N–H and O–H groups in total. The number of nitrogens with one attached hydrogen (secondary N) is 1. The van der Waals surface area contributed by atoms with Gasteiger partial charge in [0.2, 0.25) is 0 Å². The van der Waals surface area contributed by atoms with E-state index in [1.807, 2.05) is 4.90 Å². The van der Waals surface area contributed by atoms with Crippen LogP contribution in [-0.4, -0.2) is 71.6 Å². The van der Waals surface area contributed by atoms with Crippen LogP contribution in [-0.2, 0) is 6.54 Å². The van der Waals surface area contributed by atoms with Crippen LogP contribution in [0.25, 0.3) is 0 Å². The molecule has 1 aromatic carbocycles. The summed E-state index contributed by atoms with van der Waals surface area (Å²) >= 11 is 0. The molecule has 5 nitrogen and oxygen atoms in total. The van der Waals surface area contributed by atoms with Crippen molar-refractivity contribution in [3.8, 4) is 0 Å². The number of benzene rings is 1. The third-order valence-corrected chi connectivity index (χ3v) is 6.20. The molecule has 1 aromatic rings. The maximum Gasteiger partial charge on any atom is 0.317 e. The summed E-state index contributed by atoms with van der Waals surface area (Å²) in [6.45, 7) is 13.3. The SMILES string of the molecule is CC(C)(C)N1CCCN(C(=O)NC[C@H]2CCCCN2Cc2ccccc2)CC1. The van der Waals surface area contributed by atoms with Crippen molar-refractivity contribution >= 4 is 6.03 Å². The standard InChI is InChI=1S/C23H38N4O/c1-23(2,3)27-15-9-14-25(16-17-27)22(28)24-18-21-12-7-8-13-26(21)19-20-10-5-4-6-11-20/h4-6,10-11,21H,7-9,12-19H2,1-3H3,(H,24,28)/t21-/m1/s1. The van der Waals surface area contributed by atoms with E-state index >= 15 is 0 Å². The van der Waals surface area contributed by atoms with E-state index in [1.54, 1.807) is 0 Å². The van der Waals surface area contributed by atoms with Gasteiger partial charge in [-0.25, -0.2) is 4.79 Å². The lowest BCUT2D eigenvalue weighted by Gasteiger charge is -2.36. The molecule has 0 spiro atoms. The Morgan fingerprint density at radius 3 is 2.54 bits per heavy atom. The van der Waals surface area contributed by atoms with Gasteiger partial charge < -0.3 is 10.2 Å². The minimum Gasteiger partial charge on any atom is -0.336 e. The lowest BCUT2D eigenvalue weighted by Crippen LogP contribution is -2.50. The number of urea groups is 1. The van der Waals surface area contributed by atoms with Crippen molar-refractivity contribution in [1.82, 2.24) is 20.0 Å². The van der Waals surface area contributed by atoms with Crippen LogP contribution in [0, 0.1) is 0 Å². The summed E-state index contributed by atoms with van der Waals surface area (Å²) in [7, 11) is 0. The maximum absolute atomic E-state index is 12.8. The van der Waals surface area contributed by atoms with Crippen LogP contribution >= 0.6 is 0 Å². The van der Waals surface area contributed by atoms with Gasteiger partial charge in [-0.15, -0.1) is 0 Å². The van der Waals surface area contributed by atoms with E-state index in [0.29, 0.717) is 6.04 Å². The highest BCUT2D eigenvalue weighted by Gasteiger charge is 2.27. The van der Waals surface area contributed by atoms with Gasteiger partial charge in [-0.2, -0.15) is 0 Å². The molecular weight excluding hydrogens is 348 g/mol. The molecule has 2 heterocycles. The lowest BCUT2D eigenvalue weighted by atomic mass is 10.0. The molecule has 2 fully saturated rings. The highest BCUT2D eigenvalue weighted by Crippen LogP contribution is 2.20. The average Bonchev–Trinajstić information content (AvgIpc) is 2.94. The molecule has 156 valence electrons. The fourth-order valence-corrected chi connectivity index (χ4v) is 4.43. The van der Waals surface area contributed by atoms with E-state index < -0.39 is 0 Å². The summed E-state index contributed by atoms with van der Waals surface area (Å²) in [6, 6.07) is 11.2. The van der Waals surface area contributed by atoms with Gasteiger partial charge in [0.15, 0.2) is 0 Å². The predicted octanol–water partition coefficient (Wildman–Crippen LogP) is 3.56. The molecule has 0 bridgehead atoms. The monoisotopic (exact) mass is 386 g/mol. The Bertz CT molecular complexity index is 613. The zero-order valence-electron chi connectivity index (χ0n) is 18.0. The van der Waals surface area contributed by atoms with Gasteiger partial charge in [-0.1, -0.05) is 36.8 Å². The molecule has 1 atom stereocenters. The summed E-state index contributed by atoms with van der Waals surface area (Å²) in [5, 5.41) is 3.25. The van der Waals surface area contributed by atoms with Crippen LogP contribution in [0.5, 0.6) is 0 Å². The molecule has 2 aliphatic rings. The van der Waals surface area contributed by atoms with E-state index in [1.165, 1.54) is 24.8 Å². The van der Waals surface area contributed by atoms with Crippen molar-refractivity contribution < 1.29 is 4.79 Å². The Labute approximate surface area is 171 Å². The molecule has 0 aliphatic carbocycles. The quantitative estimate of drug-likeness (QED) is 0.860. The number of piperidine rings is 1. The zero-order chi connectivity index (χ0) is 20.0. The van der Waals surface area contributed by atoms with Crippen molar-refractivity contribution in [1.29, 1.82) is 0 Å². The van der Waals surface area contributed by atoms with Crippen LogP contribution in [0.4, 0.5) is 4.79 Å². The first-order chi connectivity index (χ1) is 13.4. The molecule has 2 amide bonds. The minimum absolute atomic E-state index is 0.112. The van der Waals surface area contributed by atoms with Gasteiger partial charge in [0.1, 0.15) is 0 Å². The molecule has 0 unspecified atom stereocenters. The molecular formula is C23H38N4O. The van der Waals surface area contributed by atoms with E-state index in [2.05, 4.69) is 66.2 Å².